The summed E-state index contributed by atoms with van der Waals surface area (Å²) < 4.78 is 90.9. The molecule has 0 bridgehead atoms. The number of alkyl halides is 3. The highest BCUT2D eigenvalue weighted by molar-refractivity contribution is 7.97. The Morgan fingerprint density at radius 3 is 2.50 bits per heavy atom. The molecule has 0 amide bonds. The topological polar surface area (TPSA) is 40.2 Å². The Morgan fingerprint density at radius 1 is 1.16 bits per heavy atom. The van der Waals surface area contributed by atoms with Crippen LogP contribution in [-0.4, -0.2) is 36.1 Å². The van der Waals surface area contributed by atoms with Crippen LogP contribution in [0.25, 0.3) is 17.0 Å². The van der Waals surface area contributed by atoms with Crippen LogP contribution in [-0.2, 0) is 5.75 Å². The van der Waals surface area contributed by atoms with Gasteiger partial charge < -0.3 is 26.7 Å². The molecule has 0 radical (unpaired) electrons. The van der Waals surface area contributed by atoms with Crippen molar-refractivity contribution in [3.05, 3.63) is 42.2 Å². The Bertz CT molecular complexity index is 1080. The number of para-hydroxylation sites is 2. The summed E-state index contributed by atoms with van der Waals surface area (Å²) in [6.45, 7) is -0.0228. The van der Waals surface area contributed by atoms with Gasteiger partial charge in [0.2, 0.25) is 0 Å². The molecule has 1 aliphatic rings. The summed E-state index contributed by atoms with van der Waals surface area (Å²) in [7, 11) is -4.47. The summed E-state index contributed by atoms with van der Waals surface area (Å²) in [5.74, 6) is 2.34. The van der Waals surface area contributed by atoms with Gasteiger partial charge in [-0.2, -0.15) is 21.7 Å². The molecule has 0 N–H and O–H groups in total. The van der Waals surface area contributed by atoms with Gasteiger partial charge in [-0.3, -0.25) is 0 Å². The third-order valence-electron chi connectivity index (χ3n) is 4.27. The Labute approximate surface area is 182 Å². The molecule has 3 aromatic rings. The predicted octanol–water partition coefficient (Wildman–Crippen LogP) is 5.35. The van der Waals surface area contributed by atoms with E-state index in [9.17, 15) is 30.4 Å². The SMILES string of the molecule is COc1c(OCCCC(F)(F)F)cc[n+]2c1CSn1c-2nc2ccccc21.F[B-](F)(F)F. The van der Waals surface area contributed by atoms with Crippen molar-refractivity contribution in [3.63, 3.8) is 0 Å². The lowest BCUT2D eigenvalue weighted by Crippen LogP contribution is -2.41. The summed E-state index contributed by atoms with van der Waals surface area (Å²) in [4.78, 5) is 4.69. The fourth-order valence-corrected chi connectivity index (χ4v) is 4.12. The number of rotatable bonds is 5. The lowest BCUT2D eigenvalue weighted by Gasteiger charge is -2.18. The van der Waals surface area contributed by atoms with E-state index in [1.807, 2.05) is 35.0 Å². The van der Waals surface area contributed by atoms with Gasteiger partial charge in [0.25, 0.3) is 0 Å². The average Bonchev–Trinajstić information content (AvgIpc) is 3.08. The molecule has 0 saturated carbocycles. The molecule has 14 heteroatoms. The Balaban J connectivity index is 0.000000523. The van der Waals surface area contributed by atoms with Crippen molar-refractivity contribution in [1.29, 1.82) is 0 Å². The highest BCUT2D eigenvalue weighted by atomic mass is 32.2. The molecule has 0 atom stereocenters. The number of halogens is 7. The van der Waals surface area contributed by atoms with Crippen molar-refractivity contribution >= 4 is 30.2 Å². The third kappa shape index (κ3) is 5.99. The van der Waals surface area contributed by atoms with Crippen LogP contribution in [0.3, 0.4) is 0 Å². The number of aromatic nitrogens is 3. The number of hydrogen-bond acceptors (Lipinski definition) is 4. The van der Waals surface area contributed by atoms with E-state index in [0.717, 1.165) is 22.7 Å². The lowest BCUT2D eigenvalue weighted by atomic mass is 10.3. The molecule has 2 aromatic heterocycles. The second-order valence-corrected chi connectivity index (χ2v) is 7.47. The van der Waals surface area contributed by atoms with E-state index >= 15 is 0 Å². The molecular weight excluding hydrogens is 466 g/mol. The molecule has 174 valence electrons. The van der Waals surface area contributed by atoms with E-state index in [1.54, 1.807) is 18.0 Å². The molecule has 0 aliphatic carbocycles. The van der Waals surface area contributed by atoms with Crippen molar-refractivity contribution < 1.29 is 44.5 Å². The molecule has 0 fully saturated rings. The van der Waals surface area contributed by atoms with Crippen molar-refractivity contribution in [2.45, 2.75) is 24.8 Å². The van der Waals surface area contributed by atoms with Gasteiger partial charge in [0.1, 0.15) is 5.69 Å². The quantitative estimate of drug-likeness (QED) is 0.212. The predicted molar refractivity (Wildman–Crippen MR) is 105 cm³/mol. The maximum atomic E-state index is 12.3. The fourth-order valence-electron chi connectivity index (χ4n) is 3.06. The number of ether oxygens (including phenoxy) is 2. The maximum Gasteiger partial charge on any atom is 0.673 e. The number of methoxy groups -OCH3 is 1. The minimum absolute atomic E-state index is 0.0228. The molecule has 0 unspecified atom stereocenters. The van der Waals surface area contributed by atoms with Gasteiger partial charge in [-0.05, 0) is 18.6 Å². The van der Waals surface area contributed by atoms with Crippen LogP contribution in [0.2, 0.25) is 0 Å². The first-order chi connectivity index (χ1) is 15.0. The smallest absolute Gasteiger partial charge is 0.490 e. The minimum atomic E-state index is -6.00. The Kier molecular flexibility index (Phi) is 7.11. The van der Waals surface area contributed by atoms with Crippen molar-refractivity contribution in [3.8, 4) is 17.4 Å². The third-order valence-corrected chi connectivity index (χ3v) is 5.29. The van der Waals surface area contributed by atoms with Gasteiger partial charge in [-0.15, -0.1) is 0 Å². The van der Waals surface area contributed by atoms with Gasteiger partial charge in [0.15, 0.2) is 22.5 Å². The molecule has 3 heterocycles. The average molecular weight is 483 g/mol. The molecule has 5 nitrogen and oxygen atoms in total. The number of fused-ring (bicyclic) bond motifs is 5. The lowest BCUT2D eigenvalue weighted by molar-refractivity contribution is -0.612. The molecular formula is C18H17BF7N3O2S. The molecule has 32 heavy (non-hydrogen) atoms. The van der Waals surface area contributed by atoms with Crippen LogP contribution in [0.1, 0.15) is 18.5 Å². The van der Waals surface area contributed by atoms with E-state index in [1.165, 1.54) is 7.11 Å². The first-order valence-corrected chi connectivity index (χ1v) is 10.2. The second-order valence-electron chi connectivity index (χ2n) is 6.56. The Hall–Kier alpha value is -2.64. The Morgan fingerprint density at radius 2 is 1.84 bits per heavy atom. The molecule has 0 spiro atoms. The molecule has 0 saturated heterocycles. The van der Waals surface area contributed by atoms with Gasteiger partial charge in [0, 0.05) is 24.4 Å². The highest BCUT2D eigenvalue weighted by Gasteiger charge is 2.32. The fraction of sp³-hybridized carbons (Fsp3) is 0.333. The normalized spacial score (nSPS) is 13.1. The zero-order chi connectivity index (χ0) is 23.5. The van der Waals surface area contributed by atoms with Crippen molar-refractivity contribution in [2.24, 2.45) is 0 Å². The van der Waals surface area contributed by atoms with Gasteiger partial charge in [0.05, 0.1) is 25.7 Å². The van der Waals surface area contributed by atoms with Crippen LogP contribution in [0.5, 0.6) is 11.5 Å². The molecule has 1 aromatic carbocycles. The van der Waals surface area contributed by atoms with E-state index < -0.39 is 19.9 Å². The van der Waals surface area contributed by atoms with Crippen LogP contribution in [0.15, 0.2) is 36.5 Å². The number of benzene rings is 1. The van der Waals surface area contributed by atoms with Gasteiger partial charge in [-0.1, -0.05) is 17.1 Å². The van der Waals surface area contributed by atoms with Gasteiger partial charge in [-0.25, -0.2) is 0 Å². The monoisotopic (exact) mass is 483 g/mol. The van der Waals surface area contributed by atoms with Crippen molar-refractivity contribution in [2.75, 3.05) is 13.7 Å². The summed E-state index contributed by atoms with van der Waals surface area (Å²) >= 11 is 1.59. The zero-order valence-corrected chi connectivity index (χ0v) is 17.4. The van der Waals surface area contributed by atoms with Crippen LogP contribution < -0.4 is 14.0 Å². The zero-order valence-electron chi connectivity index (χ0n) is 16.6. The standard InChI is InChI=1S/C18H17F3N3O2S.BF4/c1-25-16-14-11-27-24-13-6-3-2-5-12(13)22-17(24)23(14)9-7-15(16)26-10-4-8-18(19,20)21;2-1(3,4)5/h2-3,5-7,9H,4,8,10-11H2,1H3;/q+1;-1. The summed E-state index contributed by atoms with van der Waals surface area (Å²) in [5.41, 5.74) is 2.78. The highest BCUT2D eigenvalue weighted by Crippen LogP contribution is 2.36. The summed E-state index contributed by atoms with van der Waals surface area (Å²) in [6, 6.07) is 9.58. The first-order valence-electron chi connectivity index (χ1n) is 9.27. The van der Waals surface area contributed by atoms with Crippen LogP contribution in [0.4, 0.5) is 30.4 Å². The first kappa shape index (κ1) is 24.0. The summed E-state index contributed by atoms with van der Waals surface area (Å²) in [6.07, 6.45) is -3.32. The largest absolute Gasteiger partial charge is 0.673 e. The van der Waals surface area contributed by atoms with Crippen LogP contribution >= 0.6 is 11.9 Å². The molecule has 1 aliphatic heterocycles. The van der Waals surface area contributed by atoms with Crippen LogP contribution in [0, 0.1) is 0 Å². The number of imidazole rings is 1. The second kappa shape index (κ2) is 9.47. The van der Waals surface area contributed by atoms with Gasteiger partial charge >= 0.3 is 19.4 Å². The minimum Gasteiger partial charge on any atom is -0.490 e. The van der Waals surface area contributed by atoms with E-state index in [4.69, 9.17) is 9.47 Å². The van der Waals surface area contributed by atoms with E-state index in [2.05, 4.69) is 8.96 Å². The van der Waals surface area contributed by atoms with E-state index in [-0.39, 0.29) is 13.0 Å². The van der Waals surface area contributed by atoms with Crippen molar-refractivity contribution in [1.82, 2.24) is 8.96 Å². The molecule has 4 rings (SSSR count). The maximum absolute atomic E-state index is 12.3. The number of pyridine rings is 1. The number of nitrogens with zero attached hydrogens (tertiary/aromatic N) is 3. The summed E-state index contributed by atoms with van der Waals surface area (Å²) in [5, 5.41) is 0. The number of hydrogen-bond donors (Lipinski definition) is 0. The van der Waals surface area contributed by atoms with E-state index in [0.29, 0.717) is 17.3 Å².